The molecule has 1 amide bonds. The van der Waals surface area contributed by atoms with E-state index in [4.69, 9.17) is 10.9 Å². The topological polar surface area (TPSA) is 87.7 Å². The zero-order valence-electron chi connectivity index (χ0n) is 8.58. The van der Waals surface area contributed by atoms with E-state index in [0.29, 0.717) is 0 Å². The molecule has 7 heteroatoms. The minimum Gasteiger partial charge on any atom is -0.409 e. The van der Waals surface area contributed by atoms with Crippen LogP contribution in [0.3, 0.4) is 0 Å². The molecule has 0 radical (unpaired) electrons. The van der Waals surface area contributed by atoms with E-state index in [1.807, 2.05) is 5.32 Å². The van der Waals surface area contributed by atoms with Crippen molar-refractivity contribution in [1.82, 2.24) is 5.32 Å². The van der Waals surface area contributed by atoms with Gasteiger partial charge in [0.25, 0.3) is 6.43 Å². The van der Waals surface area contributed by atoms with Crippen molar-refractivity contribution in [3.8, 4) is 0 Å². The van der Waals surface area contributed by atoms with Crippen LogP contribution in [0.2, 0.25) is 0 Å². The molecular formula is C8H15F2N3O2. The second kappa shape index (κ2) is 6.15. The van der Waals surface area contributed by atoms with Crippen LogP contribution in [-0.4, -0.2) is 29.9 Å². The van der Waals surface area contributed by atoms with Crippen molar-refractivity contribution < 1.29 is 18.8 Å². The summed E-state index contributed by atoms with van der Waals surface area (Å²) >= 11 is 0. The average Bonchev–Trinajstić information content (AvgIpc) is 2.14. The van der Waals surface area contributed by atoms with E-state index < -0.39 is 24.8 Å². The lowest BCUT2D eigenvalue weighted by atomic mass is 9.94. The Morgan fingerprint density at radius 3 is 2.40 bits per heavy atom. The minimum absolute atomic E-state index is 0.237. The number of amidine groups is 1. The number of halogens is 2. The predicted octanol–water partition coefficient (Wildman–Crippen LogP) is 0.386. The molecule has 0 saturated heterocycles. The molecule has 1 unspecified atom stereocenters. The molecule has 0 aliphatic carbocycles. The maximum absolute atomic E-state index is 11.8. The second-order valence-electron chi connectivity index (χ2n) is 3.38. The average molecular weight is 223 g/mol. The summed E-state index contributed by atoms with van der Waals surface area (Å²) in [5.41, 5.74) is 5.28. The van der Waals surface area contributed by atoms with E-state index in [1.165, 1.54) is 0 Å². The molecule has 0 rings (SSSR count). The first kappa shape index (κ1) is 13.6. The van der Waals surface area contributed by atoms with Gasteiger partial charge in [-0.05, 0) is 5.92 Å². The standard InChI is InChI=1S/C8H15F2N3O2/c1-4(2)6(7(11)13-15)8(14)12-3-5(9)10/h4-6,15H,3H2,1-2H3,(H2,11,13)(H,12,14). The van der Waals surface area contributed by atoms with Gasteiger partial charge in [0.15, 0.2) is 5.84 Å². The van der Waals surface area contributed by atoms with Crippen LogP contribution in [0.5, 0.6) is 0 Å². The van der Waals surface area contributed by atoms with Gasteiger partial charge in [-0.2, -0.15) is 0 Å². The fraction of sp³-hybridized carbons (Fsp3) is 0.750. The number of oxime groups is 1. The molecule has 88 valence electrons. The Bertz CT molecular complexity index is 244. The lowest BCUT2D eigenvalue weighted by Crippen LogP contribution is -2.43. The van der Waals surface area contributed by atoms with Crippen molar-refractivity contribution >= 4 is 11.7 Å². The summed E-state index contributed by atoms with van der Waals surface area (Å²) in [5.74, 6) is -2.08. The van der Waals surface area contributed by atoms with E-state index in [-0.39, 0.29) is 11.8 Å². The molecule has 0 heterocycles. The zero-order chi connectivity index (χ0) is 12.0. The molecule has 0 fully saturated rings. The molecule has 15 heavy (non-hydrogen) atoms. The van der Waals surface area contributed by atoms with Crippen LogP contribution in [0.4, 0.5) is 8.78 Å². The van der Waals surface area contributed by atoms with Crippen molar-refractivity contribution in [2.75, 3.05) is 6.54 Å². The molecule has 4 N–H and O–H groups in total. The van der Waals surface area contributed by atoms with E-state index in [1.54, 1.807) is 13.8 Å². The van der Waals surface area contributed by atoms with Crippen molar-refractivity contribution in [3.05, 3.63) is 0 Å². The van der Waals surface area contributed by atoms with Crippen LogP contribution in [0, 0.1) is 11.8 Å². The summed E-state index contributed by atoms with van der Waals surface area (Å²) in [4.78, 5) is 11.4. The predicted molar refractivity (Wildman–Crippen MR) is 50.8 cm³/mol. The third-order valence-electron chi connectivity index (χ3n) is 1.81. The lowest BCUT2D eigenvalue weighted by molar-refractivity contribution is -0.124. The lowest BCUT2D eigenvalue weighted by Gasteiger charge is -2.18. The molecule has 1 atom stereocenters. The van der Waals surface area contributed by atoms with Crippen LogP contribution < -0.4 is 11.1 Å². The maximum atomic E-state index is 11.8. The number of carbonyl (C=O) groups is 1. The number of rotatable bonds is 5. The van der Waals surface area contributed by atoms with Gasteiger partial charge in [0.05, 0.1) is 6.54 Å². The molecule has 0 saturated carbocycles. The summed E-state index contributed by atoms with van der Waals surface area (Å²) in [7, 11) is 0. The number of carbonyl (C=O) groups excluding carboxylic acids is 1. The van der Waals surface area contributed by atoms with E-state index in [0.717, 1.165) is 0 Å². The fourth-order valence-corrected chi connectivity index (χ4v) is 1.13. The monoisotopic (exact) mass is 223 g/mol. The summed E-state index contributed by atoms with van der Waals surface area (Å²) < 4.78 is 23.6. The van der Waals surface area contributed by atoms with Crippen molar-refractivity contribution in [3.63, 3.8) is 0 Å². The van der Waals surface area contributed by atoms with Gasteiger partial charge in [-0.25, -0.2) is 8.78 Å². The number of hydrogen-bond donors (Lipinski definition) is 3. The molecule has 0 aliphatic heterocycles. The Balaban J connectivity index is 4.44. The number of alkyl halides is 2. The third-order valence-corrected chi connectivity index (χ3v) is 1.81. The van der Waals surface area contributed by atoms with Crippen molar-refractivity contribution in [1.29, 1.82) is 0 Å². The van der Waals surface area contributed by atoms with Crippen molar-refractivity contribution in [2.45, 2.75) is 20.3 Å². The molecular weight excluding hydrogens is 208 g/mol. The number of nitrogens with two attached hydrogens (primary N) is 1. The van der Waals surface area contributed by atoms with Gasteiger partial charge >= 0.3 is 0 Å². The van der Waals surface area contributed by atoms with E-state index in [2.05, 4.69) is 5.16 Å². The number of nitrogens with zero attached hydrogens (tertiary/aromatic N) is 1. The van der Waals surface area contributed by atoms with Crippen LogP contribution in [0.15, 0.2) is 5.16 Å². The second-order valence-corrected chi connectivity index (χ2v) is 3.38. The van der Waals surface area contributed by atoms with Gasteiger partial charge in [0.2, 0.25) is 5.91 Å². The molecule has 0 aromatic rings. The minimum atomic E-state index is -2.62. The van der Waals surface area contributed by atoms with Crippen LogP contribution in [0.25, 0.3) is 0 Å². The van der Waals surface area contributed by atoms with Gasteiger partial charge in [-0.1, -0.05) is 19.0 Å². The van der Waals surface area contributed by atoms with Gasteiger partial charge < -0.3 is 16.3 Å². The van der Waals surface area contributed by atoms with Gasteiger partial charge in [-0.15, -0.1) is 0 Å². The fourth-order valence-electron chi connectivity index (χ4n) is 1.13. The highest BCUT2D eigenvalue weighted by Crippen LogP contribution is 2.11. The maximum Gasteiger partial charge on any atom is 0.255 e. The summed E-state index contributed by atoms with van der Waals surface area (Å²) in [5, 5.41) is 13.1. The first-order valence-electron chi connectivity index (χ1n) is 4.43. The third kappa shape index (κ3) is 4.57. The molecule has 0 spiro atoms. The summed E-state index contributed by atoms with van der Waals surface area (Å²) in [6.07, 6.45) is -2.62. The SMILES string of the molecule is CC(C)C(C(=O)NCC(F)F)C(N)=NO. The Morgan fingerprint density at radius 1 is 1.53 bits per heavy atom. The Labute approximate surface area is 86.3 Å². The van der Waals surface area contributed by atoms with Gasteiger partial charge in [0, 0.05) is 0 Å². The van der Waals surface area contributed by atoms with Crippen LogP contribution in [-0.2, 0) is 4.79 Å². The van der Waals surface area contributed by atoms with E-state index in [9.17, 15) is 13.6 Å². The van der Waals surface area contributed by atoms with Crippen LogP contribution in [0.1, 0.15) is 13.8 Å². The first-order chi connectivity index (χ1) is 6.90. The summed E-state index contributed by atoms with van der Waals surface area (Å²) in [6.45, 7) is 2.61. The quantitative estimate of drug-likeness (QED) is 0.272. The zero-order valence-corrected chi connectivity index (χ0v) is 8.58. The van der Waals surface area contributed by atoms with Gasteiger partial charge in [-0.3, -0.25) is 4.79 Å². The molecule has 0 aromatic heterocycles. The first-order valence-corrected chi connectivity index (χ1v) is 4.43. The smallest absolute Gasteiger partial charge is 0.255 e. The van der Waals surface area contributed by atoms with E-state index >= 15 is 0 Å². The Kier molecular flexibility index (Phi) is 5.58. The van der Waals surface area contributed by atoms with Crippen LogP contribution >= 0.6 is 0 Å². The number of nitrogens with one attached hydrogen (secondary N) is 1. The highest BCUT2D eigenvalue weighted by Gasteiger charge is 2.26. The normalized spacial score (nSPS) is 14.4. The summed E-state index contributed by atoms with van der Waals surface area (Å²) in [6, 6.07) is 0. The van der Waals surface area contributed by atoms with Gasteiger partial charge in [0.1, 0.15) is 5.92 Å². The number of amides is 1. The Morgan fingerprint density at radius 2 is 2.07 bits per heavy atom. The largest absolute Gasteiger partial charge is 0.409 e. The highest BCUT2D eigenvalue weighted by molar-refractivity contribution is 6.02. The molecule has 0 aliphatic rings. The Hall–Kier alpha value is -1.40. The molecule has 5 nitrogen and oxygen atoms in total. The molecule has 0 aromatic carbocycles. The molecule has 0 bridgehead atoms. The van der Waals surface area contributed by atoms with Crippen molar-refractivity contribution in [2.24, 2.45) is 22.7 Å². The number of hydrogen-bond acceptors (Lipinski definition) is 3. The highest BCUT2D eigenvalue weighted by atomic mass is 19.3.